The van der Waals surface area contributed by atoms with Crippen LogP contribution in [0.15, 0.2) is 65.4 Å². The van der Waals surface area contributed by atoms with Gasteiger partial charge < -0.3 is 4.90 Å². The maximum absolute atomic E-state index is 13.3. The van der Waals surface area contributed by atoms with Gasteiger partial charge in [-0.2, -0.15) is 9.49 Å². The molecule has 3 aromatic heterocycles. The average Bonchev–Trinajstić information content (AvgIpc) is 3.17. The Morgan fingerprint density at radius 3 is 2.87 bits per heavy atom. The summed E-state index contributed by atoms with van der Waals surface area (Å²) in [6.45, 7) is 2.63. The molecule has 4 aromatic rings. The molecular weight excluding hydrogens is 447 g/mol. The summed E-state index contributed by atoms with van der Waals surface area (Å²) < 4.78 is 15.8. The summed E-state index contributed by atoms with van der Waals surface area (Å²) >= 11 is 3.43. The van der Waals surface area contributed by atoms with Crippen molar-refractivity contribution in [1.29, 1.82) is 0 Å². The van der Waals surface area contributed by atoms with Gasteiger partial charge in [0.15, 0.2) is 5.69 Å². The highest BCUT2D eigenvalue weighted by atomic mass is 79.9. The number of rotatable bonds is 2. The first kappa shape index (κ1) is 18.9. The number of carbonyl (C=O) groups excluding carboxylic acids is 1. The van der Waals surface area contributed by atoms with Crippen LogP contribution in [0.25, 0.3) is 16.6 Å². The van der Waals surface area contributed by atoms with Gasteiger partial charge in [-0.15, -0.1) is 0 Å². The Kier molecular flexibility index (Phi) is 4.62. The van der Waals surface area contributed by atoms with E-state index >= 15 is 0 Å². The lowest BCUT2D eigenvalue weighted by atomic mass is 9.87. The fourth-order valence-corrected chi connectivity index (χ4v) is 4.49. The summed E-state index contributed by atoms with van der Waals surface area (Å²) in [6, 6.07) is 14.8. The van der Waals surface area contributed by atoms with Crippen molar-refractivity contribution in [3.8, 4) is 11.1 Å². The standard InChI is InChI=1S/C23H18BrFN4O/c1-14-18-3-2-4-19(15-5-8-22(25)26-12-15)20(18)9-10-28(14)23(30)21-11-17-7-6-16(24)13-29(17)27-21/h2-8,11-14H,9-10H2,1H3. The van der Waals surface area contributed by atoms with Gasteiger partial charge in [-0.3, -0.25) is 4.79 Å². The van der Waals surface area contributed by atoms with E-state index in [1.54, 1.807) is 16.8 Å². The number of carbonyl (C=O) groups is 1. The number of halogens is 2. The van der Waals surface area contributed by atoms with E-state index in [9.17, 15) is 9.18 Å². The molecule has 1 aliphatic rings. The monoisotopic (exact) mass is 464 g/mol. The van der Waals surface area contributed by atoms with E-state index in [4.69, 9.17) is 0 Å². The highest BCUT2D eigenvalue weighted by Gasteiger charge is 2.30. The van der Waals surface area contributed by atoms with Gasteiger partial charge in [0.25, 0.3) is 5.91 Å². The summed E-state index contributed by atoms with van der Waals surface area (Å²) in [5.41, 5.74) is 5.51. The molecule has 30 heavy (non-hydrogen) atoms. The Morgan fingerprint density at radius 1 is 1.20 bits per heavy atom. The lowest BCUT2D eigenvalue weighted by Gasteiger charge is -2.36. The van der Waals surface area contributed by atoms with Crippen molar-refractivity contribution in [2.24, 2.45) is 0 Å². The first-order valence-electron chi connectivity index (χ1n) is 9.71. The molecule has 1 aromatic carbocycles. The molecule has 1 atom stereocenters. The summed E-state index contributed by atoms with van der Waals surface area (Å²) in [4.78, 5) is 18.9. The molecule has 0 bridgehead atoms. The Hall–Kier alpha value is -3.06. The zero-order valence-corrected chi connectivity index (χ0v) is 17.8. The van der Waals surface area contributed by atoms with Gasteiger partial charge in [-0.25, -0.2) is 9.50 Å². The zero-order chi connectivity index (χ0) is 20.8. The van der Waals surface area contributed by atoms with E-state index < -0.39 is 5.95 Å². The van der Waals surface area contributed by atoms with Crippen molar-refractivity contribution < 1.29 is 9.18 Å². The van der Waals surface area contributed by atoms with Crippen LogP contribution in [0.2, 0.25) is 0 Å². The molecule has 5 rings (SSSR count). The van der Waals surface area contributed by atoms with Crippen LogP contribution in [0.3, 0.4) is 0 Å². The Balaban J connectivity index is 1.48. The average molecular weight is 465 g/mol. The van der Waals surface area contributed by atoms with Crippen molar-refractivity contribution >= 4 is 27.4 Å². The zero-order valence-electron chi connectivity index (χ0n) is 16.2. The summed E-state index contributed by atoms with van der Waals surface area (Å²) in [7, 11) is 0. The minimum Gasteiger partial charge on any atom is -0.330 e. The van der Waals surface area contributed by atoms with Gasteiger partial charge in [-0.1, -0.05) is 18.2 Å². The number of benzene rings is 1. The van der Waals surface area contributed by atoms with Crippen LogP contribution in [0, 0.1) is 5.95 Å². The third-order valence-corrected chi connectivity index (χ3v) is 6.14. The largest absolute Gasteiger partial charge is 0.330 e. The number of amides is 1. The van der Waals surface area contributed by atoms with Crippen molar-refractivity contribution in [1.82, 2.24) is 19.5 Å². The van der Waals surface area contributed by atoms with Gasteiger partial charge in [0, 0.05) is 29.0 Å². The van der Waals surface area contributed by atoms with Crippen molar-refractivity contribution in [3.63, 3.8) is 0 Å². The van der Waals surface area contributed by atoms with E-state index in [0.29, 0.717) is 12.2 Å². The molecule has 0 aliphatic carbocycles. The van der Waals surface area contributed by atoms with E-state index in [1.807, 2.05) is 48.4 Å². The van der Waals surface area contributed by atoms with Gasteiger partial charge in [0.2, 0.25) is 5.95 Å². The SMILES string of the molecule is CC1c2cccc(-c3ccc(F)nc3)c2CCN1C(=O)c1cc2ccc(Br)cn2n1. The van der Waals surface area contributed by atoms with Crippen LogP contribution < -0.4 is 0 Å². The van der Waals surface area contributed by atoms with Crippen molar-refractivity contribution in [2.45, 2.75) is 19.4 Å². The number of nitrogens with zero attached hydrogens (tertiary/aromatic N) is 4. The first-order valence-corrected chi connectivity index (χ1v) is 10.5. The Bertz CT molecular complexity index is 1270. The minimum atomic E-state index is -0.492. The second-order valence-electron chi connectivity index (χ2n) is 7.41. The lowest BCUT2D eigenvalue weighted by molar-refractivity contribution is 0.0671. The minimum absolute atomic E-state index is 0.0816. The second-order valence-corrected chi connectivity index (χ2v) is 8.33. The molecule has 4 heterocycles. The number of aromatic nitrogens is 3. The predicted octanol–water partition coefficient (Wildman–Crippen LogP) is 5.06. The lowest BCUT2D eigenvalue weighted by Crippen LogP contribution is -2.39. The normalized spacial score (nSPS) is 16.0. The van der Waals surface area contributed by atoms with Gasteiger partial charge in [-0.05, 0) is 76.3 Å². The quantitative estimate of drug-likeness (QED) is 0.389. The molecule has 5 nitrogen and oxygen atoms in total. The molecule has 1 aliphatic heterocycles. The summed E-state index contributed by atoms with van der Waals surface area (Å²) in [6.07, 6.45) is 4.11. The number of fused-ring (bicyclic) bond motifs is 2. The fourth-order valence-electron chi connectivity index (χ4n) is 4.17. The highest BCUT2D eigenvalue weighted by Crippen LogP contribution is 2.36. The third kappa shape index (κ3) is 3.19. The maximum atomic E-state index is 13.3. The first-order chi connectivity index (χ1) is 14.5. The second kappa shape index (κ2) is 7.32. The molecule has 1 unspecified atom stereocenters. The molecule has 150 valence electrons. The number of hydrogen-bond acceptors (Lipinski definition) is 3. The topological polar surface area (TPSA) is 50.5 Å². The van der Waals surface area contributed by atoms with Gasteiger partial charge in [0.05, 0.1) is 11.6 Å². The van der Waals surface area contributed by atoms with Crippen LogP contribution in [0.1, 0.15) is 34.6 Å². The molecular formula is C23H18BrFN4O. The van der Waals surface area contributed by atoms with Crippen LogP contribution in [0.4, 0.5) is 4.39 Å². The molecule has 7 heteroatoms. The van der Waals surface area contributed by atoms with Crippen LogP contribution in [-0.2, 0) is 6.42 Å². The van der Waals surface area contributed by atoms with Crippen LogP contribution in [-0.4, -0.2) is 31.9 Å². The fraction of sp³-hybridized carbons (Fsp3) is 0.174. The predicted molar refractivity (Wildman–Crippen MR) is 116 cm³/mol. The highest BCUT2D eigenvalue weighted by molar-refractivity contribution is 9.10. The molecule has 0 saturated carbocycles. The Labute approximate surface area is 181 Å². The van der Waals surface area contributed by atoms with E-state index in [0.717, 1.165) is 33.1 Å². The van der Waals surface area contributed by atoms with Crippen molar-refractivity contribution in [3.05, 3.63) is 88.2 Å². The number of pyridine rings is 2. The van der Waals surface area contributed by atoms with Crippen molar-refractivity contribution in [2.75, 3.05) is 6.54 Å². The summed E-state index contributed by atoms with van der Waals surface area (Å²) in [5, 5.41) is 4.46. The van der Waals surface area contributed by atoms with E-state index in [1.165, 1.54) is 11.6 Å². The van der Waals surface area contributed by atoms with E-state index in [2.05, 4.69) is 32.1 Å². The smallest absolute Gasteiger partial charge is 0.274 e. The van der Waals surface area contributed by atoms with Crippen LogP contribution >= 0.6 is 15.9 Å². The molecule has 0 spiro atoms. The van der Waals surface area contributed by atoms with E-state index in [-0.39, 0.29) is 11.9 Å². The van der Waals surface area contributed by atoms with Gasteiger partial charge in [0.1, 0.15) is 0 Å². The molecule has 0 radical (unpaired) electrons. The Morgan fingerprint density at radius 2 is 2.07 bits per heavy atom. The molecule has 1 amide bonds. The summed E-state index contributed by atoms with van der Waals surface area (Å²) in [5.74, 6) is -0.574. The van der Waals surface area contributed by atoms with Gasteiger partial charge >= 0.3 is 0 Å². The molecule has 0 saturated heterocycles. The molecule has 0 fully saturated rings. The maximum Gasteiger partial charge on any atom is 0.274 e. The van der Waals surface area contributed by atoms with Crippen LogP contribution in [0.5, 0.6) is 0 Å². The number of hydrogen-bond donors (Lipinski definition) is 0. The third-order valence-electron chi connectivity index (χ3n) is 5.67. The molecule has 0 N–H and O–H groups in total.